The maximum Gasteiger partial charge on any atom is 0.225 e. The minimum absolute atomic E-state index is 0.0602. The van der Waals surface area contributed by atoms with Crippen LogP contribution in [-0.2, 0) is 4.79 Å². The van der Waals surface area contributed by atoms with Crippen LogP contribution < -0.4 is 10.1 Å². The molecule has 0 aliphatic carbocycles. The van der Waals surface area contributed by atoms with Crippen molar-refractivity contribution in [3.63, 3.8) is 0 Å². The number of rotatable bonds is 4. The molecule has 1 unspecified atom stereocenters. The summed E-state index contributed by atoms with van der Waals surface area (Å²) in [5, 5.41) is 3.39. The fraction of sp³-hybridized carbons (Fsp3) is 0.667. The van der Waals surface area contributed by atoms with Gasteiger partial charge in [-0.1, -0.05) is 0 Å². The second kappa shape index (κ2) is 8.92. The Morgan fingerprint density at radius 2 is 1.62 bits per heavy atom. The van der Waals surface area contributed by atoms with Gasteiger partial charge in [0.15, 0.2) is 17.4 Å². The first kappa shape index (κ1) is 20.5. The Balaban J connectivity index is 1.25. The van der Waals surface area contributed by atoms with E-state index in [2.05, 4.69) is 10.2 Å². The van der Waals surface area contributed by atoms with Gasteiger partial charge in [-0.2, -0.15) is 0 Å². The Labute approximate surface area is 169 Å². The van der Waals surface area contributed by atoms with Crippen LogP contribution in [0.5, 0.6) is 5.75 Å². The summed E-state index contributed by atoms with van der Waals surface area (Å²) in [5.41, 5.74) is 0. The van der Waals surface area contributed by atoms with Gasteiger partial charge in [-0.3, -0.25) is 9.69 Å². The van der Waals surface area contributed by atoms with Crippen molar-refractivity contribution >= 4 is 5.91 Å². The quantitative estimate of drug-likeness (QED) is 0.827. The first-order valence-electron chi connectivity index (χ1n) is 10.6. The van der Waals surface area contributed by atoms with Crippen LogP contribution in [0.4, 0.5) is 13.2 Å². The Morgan fingerprint density at radius 1 is 0.966 bits per heavy atom. The van der Waals surface area contributed by atoms with Gasteiger partial charge in [0.1, 0.15) is 11.9 Å². The molecule has 1 aromatic rings. The van der Waals surface area contributed by atoms with Crippen LogP contribution in [0.15, 0.2) is 12.1 Å². The van der Waals surface area contributed by atoms with E-state index in [9.17, 15) is 18.0 Å². The number of nitrogens with zero attached hydrogens (tertiary/aromatic N) is 2. The number of carbonyl (C=O) groups is 1. The lowest BCUT2D eigenvalue weighted by Crippen LogP contribution is -2.48. The molecule has 0 radical (unpaired) electrons. The maximum atomic E-state index is 13.8. The number of likely N-dealkylation sites (tertiary alicyclic amines) is 2. The molecule has 5 nitrogen and oxygen atoms in total. The number of nitrogens with one attached hydrogen (secondary N) is 1. The summed E-state index contributed by atoms with van der Waals surface area (Å²) in [5.74, 6) is -3.33. The number of hydrogen-bond acceptors (Lipinski definition) is 4. The van der Waals surface area contributed by atoms with Gasteiger partial charge in [0.05, 0.1) is 0 Å². The highest BCUT2D eigenvalue weighted by Gasteiger charge is 2.34. The molecule has 1 aromatic carbocycles. The van der Waals surface area contributed by atoms with Crippen molar-refractivity contribution in [2.75, 3.05) is 39.3 Å². The minimum atomic E-state index is -1.04. The van der Waals surface area contributed by atoms with Gasteiger partial charge < -0.3 is 15.0 Å². The summed E-state index contributed by atoms with van der Waals surface area (Å²) in [6, 6.07) is 1.84. The second-order valence-electron chi connectivity index (χ2n) is 8.30. The van der Waals surface area contributed by atoms with Gasteiger partial charge in [0.25, 0.3) is 0 Å². The van der Waals surface area contributed by atoms with Crippen molar-refractivity contribution in [2.24, 2.45) is 5.92 Å². The van der Waals surface area contributed by atoms with Crippen LogP contribution in [0.3, 0.4) is 0 Å². The first-order chi connectivity index (χ1) is 14.0. The Bertz CT molecular complexity index is 703. The highest BCUT2D eigenvalue weighted by atomic mass is 19.1. The average Bonchev–Trinajstić information content (AvgIpc) is 3.26. The standard InChI is InChI=1S/C21H28F3N3O2/c22-15-11-18(23)20(19(24)12-15)29-17-4-9-27(10-5-17)21(28)14-2-7-26(8-3-14)16-1-6-25-13-16/h11-12,14,16-17,25H,1-10,13H2. The first-order valence-corrected chi connectivity index (χ1v) is 10.6. The zero-order valence-corrected chi connectivity index (χ0v) is 16.5. The summed E-state index contributed by atoms with van der Waals surface area (Å²) < 4.78 is 46.0. The number of benzene rings is 1. The van der Waals surface area contributed by atoms with Gasteiger partial charge >= 0.3 is 0 Å². The molecule has 3 saturated heterocycles. The highest BCUT2D eigenvalue weighted by molar-refractivity contribution is 5.79. The number of piperidine rings is 2. The maximum absolute atomic E-state index is 13.8. The molecule has 1 amide bonds. The van der Waals surface area contributed by atoms with Crippen LogP contribution in [-0.4, -0.2) is 67.1 Å². The van der Waals surface area contributed by atoms with E-state index in [4.69, 9.17) is 4.74 Å². The van der Waals surface area contributed by atoms with Crippen molar-refractivity contribution in [2.45, 2.75) is 44.2 Å². The number of amides is 1. The lowest BCUT2D eigenvalue weighted by Gasteiger charge is -2.38. The third-order valence-electron chi connectivity index (χ3n) is 6.43. The number of carbonyl (C=O) groups excluding carboxylic acids is 1. The average molecular weight is 411 g/mol. The van der Waals surface area contributed by atoms with Gasteiger partial charge in [0, 0.05) is 56.6 Å². The van der Waals surface area contributed by atoms with Crippen molar-refractivity contribution in [3.8, 4) is 5.75 Å². The molecular formula is C21H28F3N3O2. The summed E-state index contributed by atoms with van der Waals surface area (Å²) in [7, 11) is 0. The van der Waals surface area contributed by atoms with E-state index in [1.54, 1.807) is 0 Å². The van der Waals surface area contributed by atoms with E-state index >= 15 is 0 Å². The lowest BCUT2D eigenvalue weighted by molar-refractivity contribution is -0.139. The number of hydrogen-bond donors (Lipinski definition) is 1. The van der Waals surface area contributed by atoms with E-state index in [1.165, 1.54) is 6.42 Å². The molecule has 1 atom stereocenters. The molecule has 3 fully saturated rings. The molecule has 3 heterocycles. The lowest BCUT2D eigenvalue weighted by atomic mass is 9.93. The Morgan fingerprint density at radius 3 is 2.21 bits per heavy atom. The van der Waals surface area contributed by atoms with Crippen molar-refractivity contribution in [1.82, 2.24) is 15.1 Å². The van der Waals surface area contributed by atoms with Crippen molar-refractivity contribution in [3.05, 3.63) is 29.6 Å². The summed E-state index contributed by atoms with van der Waals surface area (Å²) in [6.45, 7) is 5.08. The van der Waals surface area contributed by atoms with Crippen LogP contribution >= 0.6 is 0 Å². The Kier molecular flexibility index (Phi) is 6.29. The van der Waals surface area contributed by atoms with E-state index < -0.39 is 23.2 Å². The molecule has 160 valence electrons. The molecule has 0 saturated carbocycles. The molecule has 3 aliphatic rings. The fourth-order valence-corrected chi connectivity index (χ4v) is 4.72. The predicted octanol–water partition coefficient (Wildman–Crippen LogP) is 2.55. The minimum Gasteiger partial charge on any atom is -0.484 e. The Hall–Kier alpha value is -1.80. The predicted molar refractivity (Wildman–Crippen MR) is 102 cm³/mol. The molecular weight excluding hydrogens is 383 g/mol. The largest absolute Gasteiger partial charge is 0.484 e. The SMILES string of the molecule is O=C(C1CCN(C2CCNC2)CC1)N1CCC(Oc2c(F)cc(F)cc2F)CC1. The van der Waals surface area contributed by atoms with E-state index in [0.29, 0.717) is 44.1 Å². The second-order valence-corrected chi connectivity index (χ2v) is 8.30. The third-order valence-corrected chi connectivity index (χ3v) is 6.43. The molecule has 29 heavy (non-hydrogen) atoms. The van der Waals surface area contributed by atoms with Gasteiger partial charge in [-0.05, 0) is 38.9 Å². The van der Waals surface area contributed by atoms with Crippen molar-refractivity contribution < 1.29 is 22.7 Å². The summed E-state index contributed by atoms with van der Waals surface area (Å²) in [4.78, 5) is 17.2. The molecule has 4 rings (SSSR count). The van der Waals surface area contributed by atoms with Crippen LogP contribution in [0.25, 0.3) is 0 Å². The van der Waals surface area contributed by atoms with Gasteiger partial charge in [-0.25, -0.2) is 13.2 Å². The summed E-state index contributed by atoms with van der Waals surface area (Å²) >= 11 is 0. The van der Waals surface area contributed by atoms with E-state index in [0.717, 1.165) is 39.0 Å². The molecule has 0 bridgehead atoms. The molecule has 0 aromatic heterocycles. The smallest absolute Gasteiger partial charge is 0.225 e. The monoisotopic (exact) mass is 411 g/mol. The van der Waals surface area contributed by atoms with Gasteiger partial charge in [-0.15, -0.1) is 0 Å². The van der Waals surface area contributed by atoms with Crippen LogP contribution in [0, 0.1) is 23.4 Å². The molecule has 1 N–H and O–H groups in total. The van der Waals surface area contributed by atoms with E-state index in [-0.39, 0.29) is 17.9 Å². The number of halogens is 3. The number of ether oxygens (including phenoxy) is 1. The van der Waals surface area contributed by atoms with Crippen LogP contribution in [0.2, 0.25) is 0 Å². The zero-order chi connectivity index (χ0) is 20.4. The molecule has 3 aliphatic heterocycles. The summed E-state index contributed by atoms with van der Waals surface area (Å²) in [6.07, 6.45) is 3.59. The van der Waals surface area contributed by atoms with Gasteiger partial charge in [0.2, 0.25) is 5.91 Å². The fourth-order valence-electron chi connectivity index (χ4n) is 4.72. The normalized spacial score (nSPS) is 24.8. The topological polar surface area (TPSA) is 44.8 Å². The zero-order valence-electron chi connectivity index (χ0n) is 16.5. The molecule has 8 heteroatoms. The third kappa shape index (κ3) is 4.69. The van der Waals surface area contributed by atoms with Crippen molar-refractivity contribution in [1.29, 1.82) is 0 Å². The highest BCUT2D eigenvalue weighted by Crippen LogP contribution is 2.28. The molecule has 0 spiro atoms. The van der Waals surface area contributed by atoms with Crippen LogP contribution in [0.1, 0.15) is 32.1 Å². The van der Waals surface area contributed by atoms with E-state index in [1.807, 2.05) is 4.90 Å².